The zero-order chi connectivity index (χ0) is 15.2. The van der Waals surface area contributed by atoms with Gasteiger partial charge in [0.05, 0.1) is 0 Å². The molecular weight excluding hydrogens is 377 g/mol. The molecule has 0 aliphatic rings. The van der Waals surface area contributed by atoms with Crippen molar-refractivity contribution < 1.29 is 9.84 Å². The number of halogens is 3. The van der Waals surface area contributed by atoms with Crippen LogP contribution in [0.3, 0.4) is 0 Å². The summed E-state index contributed by atoms with van der Waals surface area (Å²) in [6.45, 7) is 0.541. The number of anilines is 1. The second-order valence-corrected chi connectivity index (χ2v) is 6.15. The van der Waals surface area contributed by atoms with Crippen LogP contribution in [0.5, 0.6) is 5.75 Å². The van der Waals surface area contributed by atoms with E-state index in [-0.39, 0.29) is 6.61 Å². The van der Waals surface area contributed by atoms with Gasteiger partial charge in [0.25, 0.3) is 0 Å². The molecule has 2 rings (SSSR count). The maximum atomic E-state index is 9.92. The molecule has 0 amide bonds. The molecule has 0 radical (unpaired) electrons. The SMILES string of the molecule is OC(CNc1ccc(Cl)cc1Br)COc1cccc(Cl)c1. The van der Waals surface area contributed by atoms with Crippen molar-refractivity contribution in [1.82, 2.24) is 0 Å². The molecule has 0 spiro atoms. The maximum absolute atomic E-state index is 9.92. The molecule has 112 valence electrons. The van der Waals surface area contributed by atoms with Crippen LogP contribution in [0.1, 0.15) is 0 Å². The second kappa shape index (κ2) is 7.90. The number of hydrogen-bond donors (Lipinski definition) is 2. The Hall–Kier alpha value is -0.940. The zero-order valence-electron chi connectivity index (χ0n) is 11.0. The van der Waals surface area contributed by atoms with Crippen molar-refractivity contribution in [3.63, 3.8) is 0 Å². The van der Waals surface area contributed by atoms with Crippen molar-refractivity contribution in [2.24, 2.45) is 0 Å². The van der Waals surface area contributed by atoms with Crippen LogP contribution in [0.25, 0.3) is 0 Å². The Kier molecular flexibility index (Phi) is 6.18. The summed E-state index contributed by atoms with van der Waals surface area (Å²) in [5.74, 6) is 0.634. The predicted molar refractivity (Wildman–Crippen MR) is 90.6 cm³/mol. The van der Waals surface area contributed by atoms with Crippen molar-refractivity contribution in [2.45, 2.75) is 6.10 Å². The quantitative estimate of drug-likeness (QED) is 0.756. The average molecular weight is 391 g/mol. The first-order valence-electron chi connectivity index (χ1n) is 6.30. The van der Waals surface area contributed by atoms with E-state index < -0.39 is 6.10 Å². The van der Waals surface area contributed by atoms with Crippen molar-refractivity contribution in [3.05, 3.63) is 57.0 Å². The van der Waals surface area contributed by atoms with E-state index in [2.05, 4.69) is 21.2 Å². The van der Waals surface area contributed by atoms with Gasteiger partial charge in [-0.25, -0.2) is 0 Å². The molecule has 0 fully saturated rings. The summed E-state index contributed by atoms with van der Waals surface area (Å²) < 4.78 is 6.32. The highest BCUT2D eigenvalue weighted by Gasteiger charge is 2.07. The van der Waals surface area contributed by atoms with E-state index >= 15 is 0 Å². The van der Waals surface area contributed by atoms with Crippen LogP contribution >= 0.6 is 39.1 Å². The molecule has 2 aromatic carbocycles. The molecule has 0 aromatic heterocycles. The van der Waals surface area contributed by atoms with Gasteiger partial charge in [-0.15, -0.1) is 0 Å². The third-order valence-electron chi connectivity index (χ3n) is 2.70. The summed E-state index contributed by atoms with van der Waals surface area (Å²) in [5, 5.41) is 14.3. The fraction of sp³-hybridized carbons (Fsp3) is 0.200. The van der Waals surface area contributed by atoms with Crippen LogP contribution in [0.4, 0.5) is 5.69 Å². The Balaban J connectivity index is 1.80. The van der Waals surface area contributed by atoms with Gasteiger partial charge in [0.1, 0.15) is 18.5 Å². The molecule has 0 saturated carbocycles. The highest BCUT2D eigenvalue weighted by Crippen LogP contribution is 2.25. The van der Waals surface area contributed by atoms with Crippen LogP contribution in [0.2, 0.25) is 10.0 Å². The van der Waals surface area contributed by atoms with E-state index in [9.17, 15) is 5.11 Å². The fourth-order valence-electron chi connectivity index (χ4n) is 1.67. The van der Waals surface area contributed by atoms with Crippen molar-refractivity contribution in [3.8, 4) is 5.75 Å². The van der Waals surface area contributed by atoms with Crippen molar-refractivity contribution >= 4 is 44.8 Å². The molecule has 0 bridgehead atoms. The highest BCUT2D eigenvalue weighted by atomic mass is 79.9. The Bertz CT molecular complexity index is 610. The molecule has 1 atom stereocenters. The standard InChI is InChI=1S/C15H14BrCl2NO2/c16-14-7-11(18)4-5-15(14)19-8-12(20)9-21-13-3-1-2-10(17)6-13/h1-7,12,19-20H,8-9H2. The molecule has 0 saturated heterocycles. The Morgan fingerprint density at radius 1 is 1.14 bits per heavy atom. The lowest BCUT2D eigenvalue weighted by atomic mass is 10.3. The molecule has 2 aromatic rings. The minimum absolute atomic E-state index is 0.179. The molecule has 2 N–H and O–H groups in total. The molecular formula is C15H14BrCl2NO2. The van der Waals surface area contributed by atoms with Crippen LogP contribution < -0.4 is 10.1 Å². The summed E-state index contributed by atoms with van der Waals surface area (Å²) in [5.41, 5.74) is 0.862. The smallest absolute Gasteiger partial charge is 0.120 e. The number of ether oxygens (including phenoxy) is 1. The van der Waals surface area contributed by atoms with E-state index in [1.807, 2.05) is 6.07 Å². The molecule has 1 unspecified atom stereocenters. The van der Waals surface area contributed by atoms with Gasteiger partial charge in [0.2, 0.25) is 0 Å². The van der Waals surface area contributed by atoms with Gasteiger partial charge in [0.15, 0.2) is 0 Å². The fourth-order valence-corrected chi connectivity index (χ4v) is 2.67. The van der Waals surface area contributed by atoms with Crippen molar-refractivity contribution in [2.75, 3.05) is 18.5 Å². The lowest BCUT2D eigenvalue weighted by molar-refractivity contribution is 0.117. The van der Waals surface area contributed by atoms with E-state index in [1.54, 1.807) is 36.4 Å². The zero-order valence-corrected chi connectivity index (χ0v) is 14.1. The number of hydrogen-bond acceptors (Lipinski definition) is 3. The summed E-state index contributed by atoms with van der Waals surface area (Å²) in [4.78, 5) is 0. The summed E-state index contributed by atoms with van der Waals surface area (Å²) in [6, 6.07) is 12.5. The molecule has 0 aliphatic heterocycles. The van der Waals surface area contributed by atoms with Gasteiger partial charge >= 0.3 is 0 Å². The Morgan fingerprint density at radius 2 is 1.90 bits per heavy atom. The second-order valence-electron chi connectivity index (χ2n) is 4.43. The lowest BCUT2D eigenvalue weighted by Crippen LogP contribution is -2.26. The molecule has 0 heterocycles. The largest absolute Gasteiger partial charge is 0.491 e. The molecule has 21 heavy (non-hydrogen) atoms. The molecule has 0 aliphatic carbocycles. The normalized spacial score (nSPS) is 12.0. The van der Waals surface area contributed by atoms with E-state index in [4.69, 9.17) is 27.9 Å². The van der Waals surface area contributed by atoms with Gasteiger partial charge < -0.3 is 15.2 Å². The Labute approximate surface area is 142 Å². The first-order valence-corrected chi connectivity index (χ1v) is 7.85. The molecule has 3 nitrogen and oxygen atoms in total. The first kappa shape index (κ1) is 16.4. The van der Waals surface area contributed by atoms with Gasteiger partial charge in [-0.3, -0.25) is 0 Å². The first-order chi connectivity index (χ1) is 10.0. The predicted octanol–water partition coefficient (Wildman–Crippen LogP) is 4.61. The number of aliphatic hydroxyl groups is 1. The van der Waals surface area contributed by atoms with Gasteiger partial charge in [-0.05, 0) is 52.3 Å². The van der Waals surface area contributed by atoms with Crippen LogP contribution in [0, 0.1) is 0 Å². The highest BCUT2D eigenvalue weighted by molar-refractivity contribution is 9.10. The van der Waals surface area contributed by atoms with Gasteiger partial charge in [-0.1, -0.05) is 29.3 Å². The summed E-state index contributed by atoms with van der Waals surface area (Å²) in [6.07, 6.45) is -0.647. The van der Waals surface area contributed by atoms with Crippen molar-refractivity contribution in [1.29, 1.82) is 0 Å². The number of nitrogens with one attached hydrogen (secondary N) is 1. The van der Waals surface area contributed by atoms with Crippen LogP contribution in [-0.4, -0.2) is 24.4 Å². The third-order valence-corrected chi connectivity index (χ3v) is 3.82. The van der Waals surface area contributed by atoms with E-state index in [0.29, 0.717) is 22.3 Å². The summed E-state index contributed by atoms with van der Waals surface area (Å²) in [7, 11) is 0. The van der Waals surface area contributed by atoms with E-state index in [0.717, 1.165) is 10.2 Å². The van der Waals surface area contributed by atoms with Gasteiger partial charge in [0, 0.05) is 26.8 Å². The minimum Gasteiger partial charge on any atom is -0.491 e. The minimum atomic E-state index is -0.647. The molecule has 6 heteroatoms. The number of benzene rings is 2. The van der Waals surface area contributed by atoms with Crippen LogP contribution in [0.15, 0.2) is 46.9 Å². The van der Waals surface area contributed by atoms with E-state index in [1.165, 1.54) is 0 Å². The topological polar surface area (TPSA) is 41.5 Å². The average Bonchev–Trinajstić information content (AvgIpc) is 2.44. The third kappa shape index (κ3) is 5.40. The van der Waals surface area contributed by atoms with Crippen LogP contribution in [-0.2, 0) is 0 Å². The lowest BCUT2D eigenvalue weighted by Gasteiger charge is -2.15. The summed E-state index contributed by atoms with van der Waals surface area (Å²) >= 11 is 15.1. The number of rotatable bonds is 6. The Morgan fingerprint density at radius 3 is 2.62 bits per heavy atom. The maximum Gasteiger partial charge on any atom is 0.120 e. The number of aliphatic hydroxyl groups excluding tert-OH is 1. The van der Waals surface area contributed by atoms with Gasteiger partial charge in [-0.2, -0.15) is 0 Å². The monoisotopic (exact) mass is 389 g/mol.